The van der Waals surface area contributed by atoms with Crippen LogP contribution >= 0.6 is 0 Å². The molecule has 21 heavy (non-hydrogen) atoms. The van der Waals surface area contributed by atoms with Crippen LogP contribution in [0.2, 0.25) is 0 Å². The zero-order valence-electron chi connectivity index (χ0n) is 11.3. The molecule has 1 heterocycles. The summed E-state index contributed by atoms with van der Waals surface area (Å²) in [5.41, 5.74) is 2.16. The van der Waals surface area contributed by atoms with Crippen molar-refractivity contribution in [1.82, 2.24) is 0 Å². The summed E-state index contributed by atoms with van der Waals surface area (Å²) in [6, 6.07) is 25.5. The molecule has 3 aromatic rings. The molecule has 0 radical (unpaired) electrons. The standard InChI is InChI=1S/C20H12O/c1-4-8-17-13(5-1)9-10-15-11-18-16-7-3-2-6-14(16)12-19(18)21-20(15)17/h1-12H. The van der Waals surface area contributed by atoms with Crippen LogP contribution in [0, 0.1) is 0 Å². The molecule has 0 aromatic heterocycles. The highest BCUT2D eigenvalue weighted by Crippen LogP contribution is 2.38. The molecule has 1 nitrogen and oxygen atoms in total. The van der Waals surface area contributed by atoms with Crippen molar-refractivity contribution in [2.75, 3.05) is 0 Å². The number of rotatable bonds is 0. The molecule has 1 heteroatoms. The average Bonchev–Trinajstić information content (AvgIpc) is 2.90. The molecule has 0 fully saturated rings. The van der Waals surface area contributed by atoms with Crippen LogP contribution < -0.4 is 0 Å². The molecule has 1 aliphatic heterocycles. The molecule has 0 saturated carbocycles. The number of fused-ring (bicyclic) bond motifs is 6. The molecule has 0 saturated heterocycles. The minimum Gasteiger partial charge on any atom is -0.455 e. The van der Waals surface area contributed by atoms with Crippen molar-refractivity contribution in [3.63, 3.8) is 0 Å². The van der Waals surface area contributed by atoms with E-state index in [0.29, 0.717) is 0 Å². The first-order valence-corrected chi connectivity index (χ1v) is 7.13. The van der Waals surface area contributed by atoms with Crippen molar-refractivity contribution >= 4 is 32.5 Å². The molecule has 0 unspecified atom stereocenters. The van der Waals surface area contributed by atoms with Crippen LogP contribution in [0.3, 0.4) is 0 Å². The largest absolute Gasteiger partial charge is 0.455 e. The Balaban J connectivity index is 2.02. The Bertz CT molecular complexity index is 1080. The predicted octanol–water partition coefficient (Wildman–Crippen LogP) is 5.84. The van der Waals surface area contributed by atoms with Crippen LogP contribution in [-0.4, -0.2) is 0 Å². The SMILES string of the molecule is c1ccc2c3cc4ccc5ccccc5c4oc-3cc2c1. The summed E-state index contributed by atoms with van der Waals surface area (Å²) in [7, 11) is 0. The van der Waals surface area contributed by atoms with Crippen LogP contribution in [0.15, 0.2) is 77.2 Å². The lowest BCUT2D eigenvalue weighted by Crippen LogP contribution is -1.80. The highest BCUT2D eigenvalue weighted by atomic mass is 16.3. The average molecular weight is 268 g/mol. The van der Waals surface area contributed by atoms with Crippen molar-refractivity contribution < 1.29 is 4.42 Å². The first kappa shape index (κ1) is 10.9. The van der Waals surface area contributed by atoms with Crippen LogP contribution in [0.4, 0.5) is 0 Å². The van der Waals surface area contributed by atoms with Gasteiger partial charge in [0.1, 0.15) is 11.3 Å². The van der Waals surface area contributed by atoms with Gasteiger partial charge in [0.2, 0.25) is 0 Å². The van der Waals surface area contributed by atoms with Gasteiger partial charge in [0.05, 0.1) is 0 Å². The summed E-state index contributed by atoms with van der Waals surface area (Å²) in [5, 5.41) is 6.02. The van der Waals surface area contributed by atoms with E-state index in [-0.39, 0.29) is 0 Å². The molecular formula is C20H12O. The van der Waals surface area contributed by atoms with Crippen molar-refractivity contribution in [3.8, 4) is 11.3 Å². The van der Waals surface area contributed by atoms with Crippen LogP contribution in [0.25, 0.3) is 43.8 Å². The van der Waals surface area contributed by atoms with E-state index in [9.17, 15) is 0 Å². The molecule has 2 aliphatic rings. The number of benzene rings is 3. The van der Waals surface area contributed by atoms with Crippen LogP contribution in [0.1, 0.15) is 0 Å². The van der Waals surface area contributed by atoms with E-state index in [1.807, 2.05) is 0 Å². The van der Waals surface area contributed by atoms with Gasteiger partial charge in [-0.25, -0.2) is 0 Å². The van der Waals surface area contributed by atoms with E-state index in [1.54, 1.807) is 0 Å². The Kier molecular flexibility index (Phi) is 2.01. The summed E-state index contributed by atoms with van der Waals surface area (Å²) in [6.07, 6.45) is 0. The molecule has 5 rings (SSSR count). The molecule has 3 aromatic carbocycles. The Morgan fingerprint density at radius 1 is 0.571 bits per heavy atom. The van der Waals surface area contributed by atoms with Gasteiger partial charge in [-0.2, -0.15) is 0 Å². The maximum absolute atomic E-state index is 6.24. The van der Waals surface area contributed by atoms with Gasteiger partial charge in [0, 0.05) is 16.3 Å². The Morgan fingerprint density at radius 2 is 1.29 bits per heavy atom. The second-order valence-electron chi connectivity index (χ2n) is 5.46. The highest BCUT2D eigenvalue weighted by molar-refractivity contribution is 6.09. The fourth-order valence-corrected chi connectivity index (χ4v) is 3.21. The monoisotopic (exact) mass is 268 g/mol. The third-order valence-corrected chi connectivity index (χ3v) is 4.22. The van der Waals surface area contributed by atoms with E-state index in [1.165, 1.54) is 27.1 Å². The maximum Gasteiger partial charge on any atom is 0.142 e. The number of hydrogen-bond acceptors (Lipinski definition) is 1. The zero-order valence-corrected chi connectivity index (χ0v) is 11.3. The van der Waals surface area contributed by atoms with Crippen LogP contribution in [0.5, 0.6) is 0 Å². The van der Waals surface area contributed by atoms with Gasteiger partial charge < -0.3 is 4.42 Å². The first-order valence-electron chi connectivity index (χ1n) is 7.13. The maximum atomic E-state index is 6.24. The molecule has 0 amide bonds. The third-order valence-electron chi connectivity index (χ3n) is 4.22. The van der Waals surface area contributed by atoms with Crippen LogP contribution in [-0.2, 0) is 0 Å². The Morgan fingerprint density at radius 3 is 2.19 bits per heavy atom. The fourth-order valence-electron chi connectivity index (χ4n) is 3.21. The Hall–Kier alpha value is -2.80. The van der Waals surface area contributed by atoms with E-state index in [2.05, 4.69) is 72.8 Å². The third kappa shape index (κ3) is 1.46. The lowest BCUT2D eigenvalue weighted by Gasteiger charge is -2.06. The summed E-state index contributed by atoms with van der Waals surface area (Å²) in [4.78, 5) is 0. The summed E-state index contributed by atoms with van der Waals surface area (Å²) >= 11 is 0. The van der Waals surface area contributed by atoms with E-state index < -0.39 is 0 Å². The predicted molar refractivity (Wildman–Crippen MR) is 87.8 cm³/mol. The smallest absolute Gasteiger partial charge is 0.142 e. The van der Waals surface area contributed by atoms with Crippen molar-refractivity contribution in [2.45, 2.75) is 0 Å². The van der Waals surface area contributed by atoms with E-state index >= 15 is 0 Å². The van der Waals surface area contributed by atoms with Crippen molar-refractivity contribution in [3.05, 3.63) is 72.8 Å². The second kappa shape index (κ2) is 3.86. The molecule has 0 bridgehead atoms. The molecule has 98 valence electrons. The van der Waals surface area contributed by atoms with Gasteiger partial charge in [-0.15, -0.1) is 0 Å². The van der Waals surface area contributed by atoms with E-state index in [4.69, 9.17) is 4.42 Å². The van der Waals surface area contributed by atoms with Gasteiger partial charge in [-0.1, -0.05) is 60.7 Å². The molecule has 1 aliphatic carbocycles. The van der Waals surface area contributed by atoms with Gasteiger partial charge >= 0.3 is 0 Å². The lowest BCUT2D eigenvalue weighted by molar-refractivity contribution is 0.626. The summed E-state index contributed by atoms with van der Waals surface area (Å²) < 4.78 is 6.24. The van der Waals surface area contributed by atoms with Gasteiger partial charge in [-0.3, -0.25) is 0 Å². The second-order valence-corrected chi connectivity index (χ2v) is 5.46. The number of hydrogen-bond donors (Lipinski definition) is 0. The van der Waals surface area contributed by atoms with Crippen molar-refractivity contribution in [1.29, 1.82) is 0 Å². The van der Waals surface area contributed by atoms with E-state index in [0.717, 1.165) is 16.7 Å². The summed E-state index contributed by atoms with van der Waals surface area (Å²) in [5.74, 6) is 0.958. The molecule has 0 atom stereocenters. The van der Waals surface area contributed by atoms with Gasteiger partial charge in [0.15, 0.2) is 0 Å². The zero-order chi connectivity index (χ0) is 13.8. The van der Waals surface area contributed by atoms with Gasteiger partial charge in [0.25, 0.3) is 0 Å². The minimum atomic E-state index is 0.958. The minimum absolute atomic E-state index is 0.958. The highest BCUT2D eigenvalue weighted by Gasteiger charge is 2.14. The molecule has 0 spiro atoms. The normalized spacial score (nSPS) is 11.8. The lowest BCUT2D eigenvalue weighted by atomic mass is 10.0. The quantitative estimate of drug-likeness (QED) is 0.321. The molecular weight excluding hydrogens is 256 g/mol. The Labute approximate surface area is 121 Å². The first-order chi connectivity index (χ1) is 10.4. The summed E-state index contributed by atoms with van der Waals surface area (Å²) in [6.45, 7) is 0. The fraction of sp³-hybridized carbons (Fsp3) is 0. The van der Waals surface area contributed by atoms with Crippen molar-refractivity contribution in [2.24, 2.45) is 0 Å². The molecule has 0 N–H and O–H groups in total. The van der Waals surface area contributed by atoms with Gasteiger partial charge in [-0.05, 0) is 28.3 Å². The topological polar surface area (TPSA) is 13.1 Å².